The van der Waals surface area contributed by atoms with Gasteiger partial charge in [0.1, 0.15) is 0 Å². The largest absolute Gasteiger partial charge is 0.330 e. The molecule has 0 amide bonds. The molecule has 13 heavy (non-hydrogen) atoms. The Morgan fingerprint density at radius 2 is 2.38 bits per heavy atom. The van der Waals surface area contributed by atoms with E-state index in [1.807, 2.05) is 18.5 Å². The minimum atomic E-state index is 0.716. The fraction of sp³-hybridized carbons (Fsp3) is 0.545. The highest BCUT2D eigenvalue weighted by molar-refractivity contribution is 5.08. The lowest BCUT2D eigenvalue weighted by molar-refractivity contribution is 0.511. The molecule has 0 spiro atoms. The van der Waals surface area contributed by atoms with Gasteiger partial charge in [0.15, 0.2) is 0 Å². The summed E-state index contributed by atoms with van der Waals surface area (Å²) in [6, 6.07) is 4.12. The van der Waals surface area contributed by atoms with Crippen molar-refractivity contribution >= 4 is 0 Å². The van der Waals surface area contributed by atoms with E-state index in [-0.39, 0.29) is 0 Å². The molecule has 0 aliphatic carbocycles. The Morgan fingerprint density at radius 3 is 3.00 bits per heavy atom. The number of rotatable bonds is 5. The highest BCUT2D eigenvalue weighted by atomic mass is 14.6. The van der Waals surface area contributed by atoms with Crippen molar-refractivity contribution in [3.63, 3.8) is 0 Å². The van der Waals surface area contributed by atoms with Gasteiger partial charge in [0.2, 0.25) is 0 Å². The molecule has 1 heterocycles. The molecule has 0 aliphatic rings. The summed E-state index contributed by atoms with van der Waals surface area (Å²) in [5.74, 6) is 0.716. The summed E-state index contributed by atoms with van der Waals surface area (Å²) < 4.78 is 0. The number of hydrogen-bond acceptors (Lipinski definition) is 2. The van der Waals surface area contributed by atoms with E-state index in [4.69, 9.17) is 5.73 Å². The van der Waals surface area contributed by atoms with Crippen molar-refractivity contribution < 1.29 is 0 Å². The van der Waals surface area contributed by atoms with Gasteiger partial charge in [-0.1, -0.05) is 13.0 Å². The second-order valence-corrected chi connectivity index (χ2v) is 3.60. The maximum absolute atomic E-state index is 5.46. The van der Waals surface area contributed by atoms with Crippen LogP contribution in [0.2, 0.25) is 0 Å². The summed E-state index contributed by atoms with van der Waals surface area (Å²) in [6.45, 7) is 3.07. The zero-order chi connectivity index (χ0) is 9.52. The summed E-state index contributed by atoms with van der Waals surface area (Å²) in [5, 5.41) is 0. The monoisotopic (exact) mass is 178 g/mol. The first-order valence-corrected chi connectivity index (χ1v) is 4.92. The molecular formula is C11H18N2. The third kappa shape index (κ3) is 4.04. The molecular weight excluding hydrogens is 160 g/mol. The Morgan fingerprint density at radius 1 is 1.54 bits per heavy atom. The van der Waals surface area contributed by atoms with Crippen LogP contribution in [0, 0.1) is 5.92 Å². The van der Waals surface area contributed by atoms with Crippen molar-refractivity contribution in [1.82, 2.24) is 4.98 Å². The van der Waals surface area contributed by atoms with Crippen LogP contribution in [0.3, 0.4) is 0 Å². The second-order valence-electron chi connectivity index (χ2n) is 3.60. The molecule has 2 nitrogen and oxygen atoms in total. The lowest BCUT2D eigenvalue weighted by Gasteiger charge is -2.09. The minimum Gasteiger partial charge on any atom is -0.330 e. The fourth-order valence-electron chi connectivity index (χ4n) is 1.49. The van der Waals surface area contributed by atoms with Gasteiger partial charge < -0.3 is 5.73 Å². The zero-order valence-corrected chi connectivity index (χ0v) is 8.24. The maximum Gasteiger partial charge on any atom is 0.0299 e. The van der Waals surface area contributed by atoms with E-state index in [9.17, 15) is 0 Å². The molecule has 0 aromatic carbocycles. The van der Waals surface area contributed by atoms with Crippen LogP contribution in [0.1, 0.15) is 25.3 Å². The Hall–Kier alpha value is -0.890. The average molecular weight is 178 g/mol. The molecule has 72 valence electrons. The third-order valence-electron chi connectivity index (χ3n) is 2.21. The van der Waals surface area contributed by atoms with Gasteiger partial charge in [0, 0.05) is 12.4 Å². The van der Waals surface area contributed by atoms with E-state index in [0.29, 0.717) is 5.92 Å². The van der Waals surface area contributed by atoms with Gasteiger partial charge in [-0.3, -0.25) is 4.98 Å². The maximum atomic E-state index is 5.46. The Balaban J connectivity index is 2.32. The Kier molecular flexibility index (Phi) is 4.47. The lowest BCUT2D eigenvalue weighted by atomic mass is 9.98. The molecule has 1 aromatic heterocycles. The van der Waals surface area contributed by atoms with Crippen molar-refractivity contribution in [3.8, 4) is 0 Å². The molecule has 0 saturated heterocycles. The smallest absolute Gasteiger partial charge is 0.0299 e. The highest BCUT2D eigenvalue weighted by Gasteiger charge is 2.02. The summed E-state index contributed by atoms with van der Waals surface area (Å²) in [6.07, 6.45) is 7.22. The first kappa shape index (κ1) is 10.2. The molecule has 2 N–H and O–H groups in total. The topological polar surface area (TPSA) is 38.9 Å². The van der Waals surface area contributed by atoms with Crippen molar-refractivity contribution in [2.75, 3.05) is 6.54 Å². The molecule has 2 heteroatoms. The van der Waals surface area contributed by atoms with E-state index in [0.717, 1.165) is 19.4 Å². The van der Waals surface area contributed by atoms with E-state index < -0.39 is 0 Å². The number of nitrogens with two attached hydrogens (primary N) is 1. The molecule has 1 atom stereocenters. The van der Waals surface area contributed by atoms with Gasteiger partial charge in [-0.25, -0.2) is 0 Å². The van der Waals surface area contributed by atoms with Gasteiger partial charge in [0.25, 0.3) is 0 Å². The Labute approximate surface area is 80.2 Å². The molecule has 0 saturated carbocycles. The first-order chi connectivity index (χ1) is 6.33. The first-order valence-electron chi connectivity index (χ1n) is 4.92. The number of pyridine rings is 1. The lowest BCUT2D eigenvalue weighted by Crippen LogP contribution is -2.05. The highest BCUT2D eigenvalue weighted by Crippen LogP contribution is 2.11. The van der Waals surface area contributed by atoms with Crippen molar-refractivity contribution in [3.05, 3.63) is 30.1 Å². The molecule has 1 rings (SSSR count). The molecule has 0 fully saturated rings. The average Bonchev–Trinajstić information content (AvgIpc) is 2.16. The second kappa shape index (κ2) is 5.70. The van der Waals surface area contributed by atoms with E-state index in [1.165, 1.54) is 12.0 Å². The molecule has 0 radical (unpaired) electrons. The van der Waals surface area contributed by atoms with Crippen LogP contribution in [0.25, 0.3) is 0 Å². The predicted octanol–water partition coefficient (Wildman–Crippen LogP) is 2.00. The van der Waals surface area contributed by atoms with E-state index in [1.54, 1.807) is 0 Å². The zero-order valence-electron chi connectivity index (χ0n) is 8.24. The molecule has 0 bridgehead atoms. The van der Waals surface area contributed by atoms with Gasteiger partial charge in [-0.2, -0.15) is 0 Å². The molecule has 0 aliphatic heterocycles. The van der Waals surface area contributed by atoms with Crippen LogP contribution in [-0.2, 0) is 6.42 Å². The van der Waals surface area contributed by atoms with Crippen LogP contribution in [0.4, 0.5) is 0 Å². The normalized spacial score (nSPS) is 12.8. The minimum absolute atomic E-state index is 0.716. The van der Waals surface area contributed by atoms with Crippen LogP contribution >= 0.6 is 0 Å². The molecule has 1 unspecified atom stereocenters. The summed E-state index contributed by atoms with van der Waals surface area (Å²) >= 11 is 0. The third-order valence-corrected chi connectivity index (χ3v) is 2.21. The van der Waals surface area contributed by atoms with Gasteiger partial charge in [-0.15, -0.1) is 0 Å². The van der Waals surface area contributed by atoms with Crippen molar-refractivity contribution in [2.24, 2.45) is 11.7 Å². The van der Waals surface area contributed by atoms with Crippen LogP contribution in [-0.4, -0.2) is 11.5 Å². The summed E-state index contributed by atoms with van der Waals surface area (Å²) in [7, 11) is 0. The van der Waals surface area contributed by atoms with Crippen LogP contribution in [0.5, 0.6) is 0 Å². The fourth-order valence-corrected chi connectivity index (χ4v) is 1.49. The van der Waals surface area contributed by atoms with Gasteiger partial charge >= 0.3 is 0 Å². The van der Waals surface area contributed by atoms with Crippen molar-refractivity contribution in [1.29, 1.82) is 0 Å². The summed E-state index contributed by atoms with van der Waals surface area (Å²) in [5.41, 5.74) is 6.78. The van der Waals surface area contributed by atoms with E-state index in [2.05, 4.69) is 18.0 Å². The SMILES string of the molecule is CC(CCCN)Cc1cccnc1. The van der Waals surface area contributed by atoms with E-state index >= 15 is 0 Å². The van der Waals surface area contributed by atoms with Crippen LogP contribution < -0.4 is 5.73 Å². The molecule has 1 aromatic rings. The van der Waals surface area contributed by atoms with Crippen molar-refractivity contribution in [2.45, 2.75) is 26.2 Å². The van der Waals surface area contributed by atoms with Gasteiger partial charge in [-0.05, 0) is 43.4 Å². The number of nitrogens with zero attached hydrogens (tertiary/aromatic N) is 1. The quantitative estimate of drug-likeness (QED) is 0.749. The number of aromatic nitrogens is 1. The number of hydrogen-bond donors (Lipinski definition) is 1. The van der Waals surface area contributed by atoms with Gasteiger partial charge in [0.05, 0.1) is 0 Å². The van der Waals surface area contributed by atoms with Crippen LogP contribution in [0.15, 0.2) is 24.5 Å². The Bertz CT molecular complexity index is 221. The standard InChI is InChI=1S/C11H18N2/c1-10(4-2-6-12)8-11-5-3-7-13-9-11/h3,5,7,9-10H,2,4,6,8,12H2,1H3. The predicted molar refractivity (Wildman–Crippen MR) is 55.4 cm³/mol. The summed E-state index contributed by atoms with van der Waals surface area (Å²) in [4.78, 5) is 4.09.